The molecule has 0 spiro atoms. The third kappa shape index (κ3) is 4.12. The van der Waals surface area contributed by atoms with Gasteiger partial charge in [-0.15, -0.1) is 0 Å². The van der Waals surface area contributed by atoms with Crippen molar-refractivity contribution in [3.05, 3.63) is 65.2 Å². The highest BCUT2D eigenvalue weighted by atomic mass is 32.2. The second kappa shape index (κ2) is 8.96. The molecule has 0 aromatic heterocycles. The first-order valence-electron chi connectivity index (χ1n) is 10.7. The van der Waals surface area contributed by atoms with E-state index in [2.05, 4.69) is 0 Å². The Kier molecular flexibility index (Phi) is 6.26. The number of carbonyl (C=O) groups excluding carboxylic acids is 1. The largest absolute Gasteiger partial charge is 0.463 e. The molecule has 2 heterocycles. The summed E-state index contributed by atoms with van der Waals surface area (Å²) in [7, 11) is -3.86. The summed E-state index contributed by atoms with van der Waals surface area (Å²) in [5.41, 5.74) is 2.18. The van der Waals surface area contributed by atoms with Crippen LogP contribution in [0.1, 0.15) is 31.4 Å². The van der Waals surface area contributed by atoms with Gasteiger partial charge in [-0.05, 0) is 56.5 Å². The smallest absolute Gasteiger partial charge is 0.335 e. The Morgan fingerprint density at radius 2 is 1.81 bits per heavy atom. The first kappa shape index (κ1) is 22.4. The van der Waals surface area contributed by atoms with Crippen LogP contribution in [-0.2, 0) is 26.0 Å². The maximum absolute atomic E-state index is 13.7. The van der Waals surface area contributed by atoms with Crippen molar-refractivity contribution in [1.82, 2.24) is 4.31 Å². The van der Waals surface area contributed by atoms with Gasteiger partial charge in [0, 0.05) is 6.04 Å². The van der Waals surface area contributed by atoms with E-state index in [9.17, 15) is 13.2 Å². The molecule has 7 nitrogen and oxygen atoms in total. The summed E-state index contributed by atoms with van der Waals surface area (Å²) in [6, 6.07) is 11.1. The zero-order valence-corrected chi connectivity index (χ0v) is 19.2. The summed E-state index contributed by atoms with van der Waals surface area (Å²) in [6.07, 6.45) is 2.58. The minimum absolute atomic E-state index is 0.155. The minimum Gasteiger partial charge on any atom is -0.463 e. The van der Waals surface area contributed by atoms with Crippen molar-refractivity contribution in [2.75, 3.05) is 13.4 Å². The average Bonchev–Trinajstić information content (AvgIpc) is 3.38. The van der Waals surface area contributed by atoms with Crippen molar-refractivity contribution in [2.45, 2.75) is 50.6 Å². The molecule has 32 heavy (non-hydrogen) atoms. The monoisotopic (exact) mass is 457 g/mol. The van der Waals surface area contributed by atoms with E-state index >= 15 is 0 Å². The number of fused-ring (bicyclic) bond motifs is 1. The van der Waals surface area contributed by atoms with E-state index in [1.54, 1.807) is 43.3 Å². The maximum atomic E-state index is 13.7. The number of sulfonamides is 1. The molecule has 0 unspecified atom stereocenters. The predicted octanol–water partition coefficient (Wildman–Crippen LogP) is 3.61. The Bertz CT molecular complexity index is 1140. The fourth-order valence-corrected chi connectivity index (χ4v) is 5.96. The molecule has 4 rings (SSSR count). The van der Waals surface area contributed by atoms with Gasteiger partial charge in [0.05, 0.1) is 23.1 Å². The number of hydrogen-bond acceptors (Lipinski definition) is 6. The van der Waals surface area contributed by atoms with Crippen molar-refractivity contribution in [2.24, 2.45) is 0 Å². The van der Waals surface area contributed by atoms with Gasteiger partial charge in [-0.3, -0.25) is 0 Å². The van der Waals surface area contributed by atoms with Crippen LogP contribution in [0, 0.1) is 6.92 Å². The summed E-state index contributed by atoms with van der Waals surface area (Å²) in [4.78, 5) is 13.0. The van der Waals surface area contributed by atoms with Gasteiger partial charge in [0.15, 0.2) is 11.5 Å². The van der Waals surface area contributed by atoms with E-state index in [0.717, 1.165) is 11.1 Å². The Morgan fingerprint density at radius 1 is 1.09 bits per heavy atom. The van der Waals surface area contributed by atoms with E-state index in [1.807, 2.05) is 26.0 Å². The van der Waals surface area contributed by atoms with Gasteiger partial charge in [0.1, 0.15) is 0 Å². The zero-order valence-electron chi connectivity index (χ0n) is 18.4. The molecule has 0 saturated carbocycles. The molecule has 2 aromatic rings. The first-order chi connectivity index (χ1) is 15.3. The van der Waals surface area contributed by atoms with E-state index in [0.29, 0.717) is 29.9 Å². The normalized spacial score (nSPS) is 20.3. The third-order valence-electron chi connectivity index (χ3n) is 5.76. The Balaban J connectivity index is 1.75. The average molecular weight is 458 g/mol. The topological polar surface area (TPSA) is 82.1 Å². The van der Waals surface area contributed by atoms with Crippen molar-refractivity contribution >= 4 is 16.0 Å². The third-order valence-corrected chi connectivity index (χ3v) is 7.71. The SMILES string of the molecule is CCOC(=O)C1=C[C@H](CC)N(S(=O)(=O)c2ccc(C)cc2)[C@@H]1Cc1ccc2c(c1)OCO2. The van der Waals surface area contributed by atoms with E-state index in [1.165, 1.54) is 4.31 Å². The second-order valence-electron chi connectivity index (χ2n) is 7.87. The van der Waals surface area contributed by atoms with Gasteiger partial charge < -0.3 is 14.2 Å². The summed E-state index contributed by atoms with van der Waals surface area (Å²) in [5, 5.41) is 0. The second-order valence-corrected chi connectivity index (χ2v) is 9.72. The van der Waals surface area contributed by atoms with Crippen molar-refractivity contribution < 1.29 is 27.4 Å². The van der Waals surface area contributed by atoms with Gasteiger partial charge in [0.25, 0.3) is 0 Å². The number of aryl methyl sites for hydroxylation is 1. The molecular formula is C24H27NO6S. The van der Waals surface area contributed by atoms with Crippen LogP contribution >= 0.6 is 0 Å². The van der Waals surface area contributed by atoms with Crippen LogP contribution in [0.15, 0.2) is 59.0 Å². The first-order valence-corrected chi connectivity index (χ1v) is 12.2. The summed E-state index contributed by atoms with van der Waals surface area (Å²) in [6.45, 7) is 5.92. The summed E-state index contributed by atoms with van der Waals surface area (Å²) < 4.78 is 45.0. The molecule has 8 heteroatoms. The number of carbonyl (C=O) groups is 1. The Labute approximate surface area is 188 Å². The van der Waals surface area contributed by atoms with Gasteiger partial charge in [-0.1, -0.05) is 36.8 Å². The molecule has 0 fully saturated rings. The highest BCUT2D eigenvalue weighted by Gasteiger charge is 2.45. The minimum atomic E-state index is -3.86. The van der Waals surface area contributed by atoms with Crippen LogP contribution in [0.25, 0.3) is 0 Å². The molecule has 0 amide bonds. The van der Waals surface area contributed by atoms with E-state index in [-0.39, 0.29) is 18.3 Å². The van der Waals surface area contributed by atoms with Crippen LogP contribution in [-0.4, -0.2) is 44.2 Å². The van der Waals surface area contributed by atoms with Crippen LogP contribution in [0.5, 0.6) is 11.5 Å². The summed E-state index contributed by atoms with van der Waals surface area (Å²) >= 11 is 0. The predicted molar refractivity (Wildman–Crippen MR) is 119 cm³/mol. The molecule has 0 bridgehead atoms. The molecular weight excluding hydrogens is 430 g/mol. The maximum Gasteiger partial charge on any atom is 0.335 e. The van der Waals surface area contributed by atoms with E-state index < -0.39 is 28.1 Å². The fraction of sp³-hybridized carbons (Fsp3) is 0.375. The van der Waals surface area contributed by atoms with Gasteiger partial charge in [-0.25, -0.2) is 13.2 Å². The fourth-order valence-electron chi connectivity index (χ4n) is 4.15. The van der Waals surface area contributed by atoms with E-state index in [4.69, 9.17) is 14.2 Å². The molecule has 2 aromatic carbocycles. The lowest BCUT2D eigenvalue weighted by atomic mass is 10.0. The number of nitrogens with zero attached hydrogens (tertiary/aromatic N) is 1. The Morgan fingerprint density at radius 3 is 2.50 bits per heavy atom. The van der Waals surface area contributed by atoms with Crippen LogP contribution < -0.4 is 9.47 Å². The molecule has 2 aliphatic heterocycles. The van der Waals surface area contributed by atoms with Crippen molar-refractivity contribution in [3.63, 3.8) is 0 Å². The van der Waals surface area contributed by atoms with Crippen LogP contribution in [0.2, 0.25) is 0 Å². The molecule has 2 aliphatic rings. The number of esters is 1. The molecule has 0 N–H and O–H groups in total. The molecule has 170 valence electrons. The number of benzene rings is 2. The van der Waals surface area contributed by atoms with Crippen molar-refractivity contribution in [1.29, 1.82) is 0 Å². The Hall–Kier alpha value is -2.84. The number of ether oxygens (including phenoxy) is 3. The van der Waals surface area contributed by atoms with Crippen molar-refractivity contribution in [3.8, 4) is 11.5 Å². The number of hydrogen-bond donors (Lipinski definition) is 0. The lowest BCUT2D eigenvalue weighted by molar-refractivity contribution is -0.138. The lowest BCUT2D eigenvalue weighted by Crippen LogP contribution is -2.44. The van der Waals surface area contributed by atoms with Gasteiger partial charge in [-0.2, -0.15) is 4.31 Å². The van der Waals surface area contributed by atoms with Gasteiger partial charge >= 0.3 is 5.97 Å². The lowest BCUT2D eigenvalue weighted by Gasteiger charge is -2.30. The molecule has 0 radical (unpaired) electrons. The van der Waals surface area contributed by atoms with Gasteiger partial charge in [0.2, 0.25) is 16.8 Å². The number of rotatable bonds is 7. The zero-order chi connectivity index (χ0) is 22.9. The van der Waals surface area contributed by atoms with Crippen LogP contribution in [0.4, 0.5) is 0 Å². The molecule has 0 aliphatic carbocycles. The highest BCUT2D eigenvalue weighted by molar-refractivity contribution is 7.89. The standard InChI is InChI=1S/C24H27NO6S/c1-4-18-14-20(24(26)29-5-2)21(12-17-8-11-22-23(13-17)31-15-30-22)25(18)32(27,28)19-9-6-16(3)7-10-19/h6-11,13-14,18,21H,4-5,12,15H2,1-3H3/t18-,21+/m0/s1. The highest BCUT2D eigenvalue weighted by Crippen LogP contribution is 2.37. The van der Waals surface area contributed by atoms with Crippen LogP contribution in [0.3, 0.4) is 0 Å². The molecule has 0 saturated heterocycles. The quantitative estimate of drug-likeness (QED) is 0.591. The molecule has 2 atom stereocenters. The summed E-state index contributed by atoms with van der Waals surface area (Å²) in [5.74, 6) is 0.775.